The van der Waals surface area contributed by atoms with Crippen LogP contribution in [0.4, 0.5) is 4.79 Å². The zero-order chi connectivity index (χ0) is 19.1. The molecule has 3 aromatic heterocycles. The van der Waals surface area contributed by atoms with Gasteiger partial charge in [0.2, 0.25) is 0 Å². The summed E-state index contributed by atoms with van der Waals surface area (Å²) in [4.78, 5) is 20.2. The molecule has 0 radical (unpaired) electrons. The van der Waals surface area contributed by atoms with Gasteiger partial charge in [-0.15, -0.1) is 11.3 Å². The van der Waals surface area contributed by atoms with Crippen LogP contribution in [-0.4, -0.2) is 32.2 Å². The Balaban J connectivity index is 1.57. The van der Waals surface area contributed by atoms with Gasteiger partial charge in [-0.05, 0) is 54.5 Å². The fourth-order valence-corrected chi connectivity index (χ4v) is 3.75. The largest absolute Gasteiger partial charge is 0.338 e. The van der Waals surface area contributed by atoms with Gasteiger partial charge in [-0.1, -0.05) is 6.07 Å². The van der Waals surface area contributed by atoms with Crippen molar-refractivity contribution in [1.82, 2.24) is 25.0 Å². The van der Waals surface area contributed by atoms with Crippen LogP contribution in [0.5, 0.6) is 0 Å². The van der Waals surface area contributed by atoms with Gasteiger partial charge in [0.1, 0.15) is 0 Å². The standard InChI is InChI=1S/C20H25N5OS/c1-16-8-11-27-19(16)15-25(14-18-7-3-4-9-21-18)20(26)22-10-5-6-17-12-23-24(2)13-17/h3-4,7-9,11-13H,5-6,10,14-15H2,1-2H3,(H,22,26). The number of aryl methyl sites for hydroxylation is 3. The number of nitrogens with zero attached hydrogens (tertiary/aromatic N) is 4. The summed E-state index contributed by atoms with van der Waals surface area (Å²) in [6, 6.07) is 7.81. The first-order chi connectivity index (χ1) is 13.1. The first-order valence-electron chi connectivity index (χ1n) is 9.05. The van der Waals surface area contributed by atoms with Gasteiger partial charge in [-0.3, -0.25) is 9.67 Å². The lowest BCUT2D eigenvalue weighted by Crippen LogP contribution is -2.39. The lowest BCUT2D eigenvalue weighted by molar-refractivity contribution is 0.192. The fraction of sp³-hybridized carbons (Fsp3) is 0.350. The summed E-state index contributed by atoms with van der Waals surface area (Å²) < 4.78 is 1.80. The van der Waals surface area contributed by atoms with Crippen LogP contribution in [0.2, 0.25) is 0 Å². The Morgan fingerprint density at radius 2 is 2.19 bits per heavy atom. The predicted molar refractivity (Wildman–Crippen MR) is 107 cm³/mol. The quantitative estimate of drug-likeness (QED) is 0.605. The average Bonchev–Trinajstić information content (AvgIpc) is 3.27. The summed E-state index contributed by atoms with van der Waals surface area (Å²) in [6.07, 6.45) is 7.42. The number of urea groups is 1. The van der Waals surface area contributed by atoms with Gasteiger partial charge in [-0.2, -0.15) is 5.10 Å². The van der Waals surface area contributed by atoms with Crippen LogP contribution in [0.15, 0.2) is 48.2 Å². The Kier molecular flexibility index (Phi) is 6.59. The van der Waals surface area contributed by atoms with Crippen molar-refractivity contribution in [1.29, 1.82) is 0 Å². The van der Waals surface area contributed by atoms with Crippen molar-refractivity contribution in [3.05, 3.63) is 69.9 Å². The average molecular weight is 384 g/mol. The number of aromatic nitrogens is 3. The summed E-state index contributed by atoms with van der Waals surface area (Å²) in [5, 5.41) is 9.28. The minimum atomic E-state index is -0.0559. The smallest absolute Gasteiger partial charge is 0.318 e. The predicted octanol–water partition coefficient (Wildman–Crippen LogP) is 3.53. The van der Waals surface area contributed by atoms with Crippen molar-refractivity contribution in [2.45, 2.75) is 32.9 Å². The zero-order valence-electron chi connectivity index (χ0n) is 15.8. The summed E-state index contributed by atoms with van der Waals surface area (Å²) in [6.45, 7) is 3.80. The second-order valence-corrected chi connectivity index (χ2v) is 7.56. The molecule has 3 aromatic rings. The minimum Gasteiger partial charge on any atom is -0.338 e. The Hall–Kier alpha value is -2.67. The van der Waals surface area contributed by atoms with Crippen LogP contribution in [-0.2, 0) is 26.6 Å². The first-order valence-corrected chi connectivity index (χ1v) is 9.93. The molecule has 7 heteroatoms. The number of thiophene rings is 1. The third-order valence-corrected chi connectivity index (χ3v) is 5.35. The summed E-state index contributed by atoms with van der Waals surface area (Å²) in [5.41, 5.74) is 3.29. The van der Waals surface area contributed by atoms with Gasteiger partial charge >= 0.3 is 6.03 Å². The fourth-order valence-electron chi connectivity index (χ4n) is 2.83. The zero-order valence-corrected chi connectivity index (χ0v) is 16.6. The van der Waals surface area contributed by atoms with E-state index in [1.807, 2.05) is 42.5 Å². The van der Waals surface area contributed by atoms with Gasteiger partial charge in [0.25, 0.3) is 0 Å². The van der Waals surface area contributed by atoms with E-state index in [-0.39, 0.29) is 6.03 Å². The molecule has 27 heavy (non-hydrogen) atoms. The molecule has 3 rings (SSSR count). The van der Waals surface area contributed by atoms with E-state index >= 15 is 0 Å². The summed E-state index contributed by atoms with van der Waals surface area (Å²) in [7, 11) is 1.91. The molecule has 0 saturated carbocycles. The van der Waals surface area contributed by atoms with Crippen LogP contribution >= 0.6 is 11.3 Å². The van der Waals surface area contributed by atoms with E-state index in [1.165, 1.54) is 16.0 Å². The molecule has 142 valence electrons. The minimum absolute atomic E-state index is 0.0559. The van der Waals surface area contributed by atoms with Crippen LogP contribution in [0.3, 0.4) is 0 Å². The van der Waals surface area contributed by atoms with Crippen LogP contribution < -0.4 is 5.32 Å². The maximum Gasteiger partial charge on any atom is 0.318 e. The number of hydrogen-bond acceptors (Lipinski definition) is 4. The highest BCUT2D eigenvalue weighted by Gasteiger charge is 2.16. The molecule has 2 amide bonds. The molecule has 0 fully saturated rings. The molecule has 0 bridgehead atoms. The molecule has 0 aliphatic rings. The Morgan fingerprint density at radius 1 is 1.30 bits per heavy atom. The molecule has 0 aromatic carbocycles. The van der Waals surface area contributed by atoms with E-state index in [0.717, 1.165) is 18.5 Å². The third kappa shape index (κ3) is 5.65. The van der Waals surface area contributed by atoms with Crippen molar-refractivity contribution in [3.8, 4) is 0 Å². The van der Waals surface area contributed by atoms with Crippen molar-refractivity contribution >= 4 is 17.4 Å². The number of pyridine rings is 1. The third-order valence-electron chi connectivity index (χ3n) is 4.35. The van der Waals surface area contributed by atoms with E-state index in [2.05, 4.69) is 33.8 Å². The van der Waals surface area contributed by atoms with Gasteiger partial charge in [0.15, 0.2) is 0 Å². The highest BCUT2D eigenvalue weighted by Crippen LogP contribution is 2.19. The SMILES string of the molecule is Cc1ccsc1CN(Cc1ccccn1)C(=O)NCCCc1cnn(C)c1. The van der Waals surface area contributed by atoms with Gasteiger partial charge in [0, 0.05) is 30.9 Å². The maximum atomic E-state index is 12.8. The first kappa shape index (κ1) is 19.1. The Bertz CT molecular complexity index is 858. The molecule has 0 saturated heterocycles. The molecule has 0 atom stereocenters. The van der Waals surface area contributed by atoms with E-state index in [0.29, 0.717) is 19.6 Å². The van der Waals surface area contributed by atoms with Crippen LogP contribution in [0.1, 0.15) is 28.1 Å². The molecule has 0 aliphatic heterocycles. The number of carbonyl (C=O) groups is 1. The summed E-state index contributed by atoms with van der Waals surface area (Å²) in [5.74, 6) is 0. The van der Waals surface area contributed by atoms with E-state index in [9.17, 15) is 4.79 Å². The monoisotopic (exact) mass is 383 g/mol. The number of hydrogen-bond donors (Lipinski definition) is 1. The molecule has 0 aliphatic carbocycles. The molecular formula is C20H25N5OS. The Labute approximate surface area is 163 Å². The Morgan fingerprint density at radius 3 is 2.85 bits per heavy atom. The topological polar surface area (TPSA) is 63.1 Å². The molecular weight excluding hydrogens is 358 g/mol. The number of amides is 2. The van der Waals surface area contributed by atoms with E-state index in [1.54, 1.807) is 22.2 Å². The molecule has 0 spiro atoms. The number of carbonyl (C=O) groups excluding carboxylic acids is 1. The second kappa shape index (κ2) is 9.32. The molecule has 3 heterocycles. The molecule has 1 N–H and O–H groups in total. The number of rotatable bonds is 8. The summed E-state index contributed by atoms with van der Waals surface area (Å²) >= 11 is 1.68. The highest BCUT2D eigenvalue weighted by molar-refractivity contribution is 7.10. The van der Waals surface area contributed by atoms with Gasteiger partial charge in [0.05, 0.1) is 25.0 Å². The van der Waals surface area contributed by atoms with Gasteiger partial charge in [-0.25, -0.2) is 4.79 Å². The second-order valence-electron chi connectivity index (χ2n) is 6.56. The normalized spacial score (nSPS) is 10.7. The number of nitrogens with one attached hydrogen (secondary N) is 1. The maximum absolute atomic E-state index is 12.8. The van der Waals surface area contributed by atoms with Crippen molar-refractivity contribution in [2.75, 3.05) is 6.54 Å². The lowest BCUT2D eigenvalue weighted by Gasteiger charge is -2.23. The van der Waals surface area contributed by atoms with E-state index in [4.69, 9.17) is 0 Å². The van der Waals surface area contributed by atoms with Crippen LogP contribution in [0, 0.1) is 6.92 Å². The van der Waals surface area contributed by atoms with Gasteiger partial charge < -0.3 is 10.2 Å². The van der Waals surface area contributed by atoms with Crippen molar-refractivity contribution < 1.29 is 4.79 Å². The lowest BCUT2D eigenvalue weighted by atomic mass is 10.2. The van der Waals surface area contributed by atoms with Crippen molar-refractivity contribution in [2.24, 2.45) is 7.05 Å². The molecule has 6 nitrogen and oxygen atoms in total. The highest BCUT2D eigenvalue weighted by atomic mass is 32.1. The molecule has 0 unspecified atom stereocenters. The van der Waals surface area contributed by atoms with Crippen molar-refractivity contribution in [3.63, 3.8) is 0 Å². The van der Waals surface area contributed by atoms with E-state index < -0.39 is 0 Å². The van der Waals surface area contributed by atoms with Crippen LogP contribution in [0.25, 0.3) is 0 Å².